The Morgan fingerprint density at radius 1 is 1.10 bits per heavy atom. The fraction of sp³-hybridized carbons (Fsp3) is 0.200. The molecule has 0 unspecified atom stereocenters. The molecule has 6 heteroatoms. The molecule has 1 aliphatic heterocycles. The van der Waals surface area contributed by atoms with Crippen molar-refractivity contribution in [3.05, 3.63) is 95.8 Å². The molecule has 0 aromatic heterocycles. The quantitative estimate of drug-likeness (QED) is 0.538. The molecule has 2 amide bonds. The molecule has 2 atom stereocenters. The van der Waals surface area contributed by atoms with Crippen LogP contribution in [0.5, 0.6) is 0 Å². The Morgan fingerprint density at radius 2 is 1.84 bits per heavy atom. The summed E-state index contributed by atoms with van der Waals surface area (Å²) in [7, 11) is 0. The molecule has 3 aromatic rings. The number of rotatable bonds is 6. The molecule has 0 spiro atoms. The molecule has 0 bridgehead atoms. The fourth-order valence-corrected chi connectivity index (χ4v) is 4.97. The second kappa shape index (κ2) is 9.35. The molecule has 0 saturated carbocycles. The predicted molar refractivity (Wildman–Crippen MR) is 124 cm³/mol. The van der Waals surface area contributed by atoms with Crippen molar-refractivity contribution in [3.8, 4) is 0 Å². The number of nitrogens with one attached hydrogen (secondary N) is 1. The standard InChI is InChI=1S/C25H23FN2O2S/c1-2-22(17-7-4-3-5-8-17)24(30)27-20-13-11-18(12-14-20)25-28(23(29)16-31-25)21-10-6-9-19(26)15-21/h3-15,22,25H,2,16H2,1H3,(H,27,30)/t22-,25-/m0/s1. The minimum absolute atomic E-state index is 0.0479. The van der Waals surface area contributed by atoms with Gasteiger partial charge >= 0.3 is 0 Å². The van der Waals surface area contributed by atoms with Crippen LogP contribution < -0.4 is 10.2 Å². The Morgan fingerprint density at radius 3 is 2.52 bits per heavy atom. The first kappa shape index (κ1) is 21.1. The van der Waals surface area contributed by atoms with Crippen molar-refractivity contribution in [3.63, 3.8) is 0 Å². The van der Waals surface area contributed by atoms with E-state index in [0.717, 1.165) is 11.1 Å². The van der Waals surface area contributed by atoms with Gasteiger partial charge in [-0.15, -0.1) is 11.8 Å². The van der Waals surface area contributed by atoms with E-state index in [2.05, 4.69) is 5.32 Å². The van der Waals surface area contributed by atoms with Crippen molar-refractivity contribution in [2.24, 2.45) is 0 Å². The van der Waals surface area contributed by atoms with Gasteiger partial charge in [-0.1, -0.05) is 55.5 Å². The van der Waals surface area contributed by atoms with Crippen molar-refractivity contribution in [1.82, 2.24) is 0 Å². The van der Waals surface area contributed by atoms with Crippen LogP contribution in [0.3, 0.4) is 0 Å². The molecule has 4 nitrogen and oxygen atoms in total. The Bertz CT molecular complexity index is 1070. The maximum atomic E-state index is 13.7. The van der Waals surface area contributed by atoms with E-state index < -0.39 is 0 Å². The van der Waals surface area contributed by atoms with Crippen molar-refractivity contribution in [1.29, 1.82) is 0 Å². The van der Waals surface area contributed by atoms with Gasteiger partial charge in [-0.05, 0) is 47.9 Å². The lowest BCUT2D eigenvalue weighted by atomic mass is 9.95. The Hall–Kier alpha value is -3.12. The third-order valence-electron chi connectivity index (χ3n) is 5.34. The normalized spacial score (nSPS) is 16.9. The number of thioether (sulfide) groups is 1. The van der Waals surface area contributed by atoms with Gasteiger partial charge in [0, 0.05) is 11.4 Å². The first-order chi connectivity index (χ1) is 15.1. The summed E-state index contributed by atoms with van der Waals surface area (Å²) in [5.41, 5.74) is 3.17. The highest BCUT2D eigenvalue weighted by Gasteiger charge is 2.34. The lowest BCUT2D eigenvalue weighted by Gasteiger charge is -2.24. The zero-order valence-corrected chi connectivity index (χ0v) is 17.9. The number of benzene rings is 3. The van der Waals surface area contributed by atoms with Gasteiger partial charge in [0.15, 0.2) is 0 Å². The van der Waals surface area contributed by atoms with Gasteiger partial charge in [0.25, 0.3) is 0 Å². The molecule has 31 heavy (non-hydrogen) atoms. The van der Waals surface area contributed by atoms with Crippen LogP contribution in [0, 0.1) is 5.82 Å². The summed E-state index contributed by atoms with van der Waals surface area (Å²) in [5.74, 6) is -0.343. The van der Waals surface area contributed by atoms with Crippen LogP contribution in [-0.2, 0) is 9.59 Å². The zero-order chi connectivity index (χ0) is 21.8. The molecule has 1 saturated heterocycles. The van der Waals surface area contributed by atoms with E-state index in [1.54, 1.807) is 17.0 Å². The Labute approximate surface area is 185 Å². The minimum Gasteiger partial charge on any atom is -0.326 e. The van der Waals surface area contributed by atoms with E-state index in [0.29, 0.717) is 23.5 Å². The number of halogens is 1. The van der Waals surface area contributed by atoms with E-state index in [9.17, 15) is 14.0 Å². The lowest BCUT2D eigenvalue weighted by molar-refractivity contribution is -0.118. The Kier molecular flexibility index (Phi) is 6.37. The van der Waals surface area contributed by atoms with Crippen molar-refractivity contribution < 1.29 is 14.0 Å². The zero-order valence-electron chi connectivity index (χ0n) is 17.1. The molecule has 1 N–H and O–H groups in total. The van der Waals surface area contributed by atoms with Crippen molar-refractivity contribution in [2.45, 2.75) is 24.6 Å². The van der Waals surface area contributed by atoms with Crippen LogP contribution in [-0.4, -0.2) is 17.6 Å². The molecule has 0 aliphatic carbocycles. The van der Waals surface area contributed by atoms with Crippen LogP contribution in [0.25, 0.3) is 0 Å². The van der Waals surface area contributed by atoms with E-state index in [-0.39, 0.29) is 28.9 Å². The number of hydrogen-bond acceptors (Lipinski definition) is 3. The summed E-state index contributed by atoms with van der Waals surface area (Å²) in [6.07, 6.45) is 0.706. The third kappa shape index (κ3) is 4.64. The van der Waals surface area contributed by atoms with Gasteiger partial charge in [0.1, 0.15) is 11.2 Å². The smallest absolute Gasteiger partial charge is 0.238 e. The molecule has 1 aliphatic rings. The fourth-order valence-electron chi connectivity index (χ4n) is 3.79. The highest BCUT2D eigenvalue weighted by Crippen LogP contribution is 2.42. The number of hydrogen-bond donors (Lipinski definition) is 1. The predicted octanol–water partition coefficient (Wildman–Crippen LogP) is 5.74. The molecule has 0 radical (unpaired) electrons. The van der Waals surface area contributed by atoms with E-state index in [4.69, 9.17) is 0 Å². The average Bonchev–Trinajstić information content (AvgIpc) is 3.17. The Balaban J connectivity index is 1.50. The highest BCUT2D eigenvalue weighted by molar-refractivity contribution is 8.00. The number of anilines is 2. The maximum absolute atomic E-state index is 13.7. The second-order valence-electron chi connectivity index (χ2n) is 7.39. The van der Waals surface area contributed by atoms with Gasteiger partial charge in [0.05, 0.1) is 11.7 Å². The molecule has 4 rings (SSSR count). The number of carbonyl (C=O) groups is 2. The third-order valence-corrected chi connectivity index (χ3v) is 6.56. The van der Waals surface area contributed by atoms with E-state index in [1.165, 1.54) is 23.9 Å². The first-order valence-electron chi connectivity index (χ1n) is 10.2. The van der Waals surface area contributed by atoms with Crippen LogP contribution in [0.4, 0.5) is 15.8 Å². The summed E-state index contributed by atoms with van der Waals surface area (Å²) in [6, 6.07) is 23.3. The first-order valence-corrected chi connectivity index (χ1v) is 11.3. The number of carbonyl (C=O) groups excluding carboxylic acids is 2. The minimum atomic E-state index is -0.372. The summed E-state index contributed by atoms with van der Waals surface area (Å²) >= 11 is 1.50. The summed E-state index contributed by atoms with van der Waals surface area (Å²) in [6.45, 7) is 2.00. The molecule has 3 aromatic carbocycles. The summed E-state index contributed by atoms with van der Waals surface area (Å²) in [5, 5.41) is 2.76. The van der Waals surface area contributed by atoms with Crippen molar-refractivity contribution >= 4 is 35.0 Å². The van der Waals surface area contributed by atoms with Gasteiger partial charge in [-0.25, -0.2) is 4.39 Å². The van der Waals surface area contributed by atoms with Crippen LogP contribution in [0.2, 0.25) is 0 Å². The average molecular weight is 435 g/mol. The lowest BCUT2D eigenvalue weighted by Crippen LogP contribution is -2.27. The summed E-state index contributed by atoms with van der Waals surface area (Å²) in [4.78, 5) is 26.9. The highest BCUT2D eigenvalue weighted by atomic mass is 32.2. The van der Waals surface area contributed by atoms with Crippen LogP contribution >= 0.6 is 11.8 Å². The SMILES string of the molecule is CC[C@H](C(=O)Nc1ccc([C@@H]2SCC(=O)N2c2cccc(F)c2)cc1)c1ccccc1. The van der Waals surface area contributed by atoms with Crippen molar-refractivity contribution in [2.75, 3.05) is 16.0 Å². The number of nitrogens with zero attached hydrogens (tertiary/aromatic N) is 1. The van der Waals surface area contributed by atoms with Gasteiger partial charge in [-0.2, -0.15) is 0 Å². The molecule has 1 fully saturated rings. The number of amides is 2. The van der Waals surface area contributed by atoms with Gasteiger partial charge < -0.3 is 5.32 Å². The maximum Gasteiger partial charge on any atom is 0.238 e. The monoisotopic (exact) mass is 434 g/mol. The summed E-state index contributed by atoms with van der Waals surface area (Å²) < 4.78 is 13.7. The molecule has 158 valence electrons. The van der Waals surface area contributed by atoms with E-state index in [1.807, 2.05) is 61.5 Å². The van der Waals surface area contributed by atoms with Gasteiger partial charge in [0.2, 0.25) is 11.8 Å². The van der Waals surface area contributed by atoms with Crippen LogP contribution in [0.15, 0.2) is 78.9 Å². The topological polar surface area (TPSA) is 49.4 Å². The largest absolute Gasteiger partial charge is 0.326 e. The molecule has 1 heterocycles. The van der Waals surface area contributed by atoms with Gasteiger partial charge in [-0.3, -0.25) is 14.5 Å². The second-order valence-corrected chi connectivity index (χ2v) is 8.46. The van der Waals surface area contributed by atoms with E-state index >= 15 is 0 Å². The van der Waals surface area contributed by atoms with Crippen LogP contribution in [0.1, 0.15) is 35.8 Å². The molecular formula is C25H23FN2O2S. The molecular weight excluding hydrogens is 411 g/mol.